The van der Waals surface area contributed by atoms with Crippen LogP contribution in [0.4, 0.5) is 0 Å². The third-order valence-corrected chi connectivity index (χ3v) is 4.03. The number of benzene rings is 2. The van der Waals surface area contributed by atoms with Crippen LogP contribution in [0.3, 0.4) is 0 Å². The molecule has 0 aliphatic heterocycles. The van der Waals surface area contributed by atoms with Gasteiger partial charge in [0.15, 0.2) is 0 Å². The van der Waals surface area contributed by atoms with Gasteiger partial charge in [-0.25, -0.2) is 0 Å². The monoisotopic (exact) mass is 287 g/mol. The molecule has 1 N–H and O–H groups in total. The molecule has 20 heavy (non-hydrogen) atoms. The molecule has 2 nitrogen and oxygen atoms in total. The van der Waals surface area contributed by atoms with Crippen LogP contribution >= 0.6 is 11.6 Å². The topological polar surface area (TPSA) is 21.3 Å². The van der Waals surface area contributed by atoms with Crippen LogP contribution in [0, 0.1) is 0 Å². The number of ether oxygens (including phenoxy) is 1. The van der Waals surface area contributed by atoms with E-state index in [-0.39, 0.29) is 12.1 Å². The van der Waals surface area contributed by atoms with Crippen molar-refractivity contribution in [2.75, 3.05) is 6.54 Å². The SMILES string of the molecule is CCNC1c2ccccc2CC1Oc1ccccc1Cl. The lowest BCUT2D eigenvalue weighted by Gasteiger charge is -2.23. The van der Waals surface area contributed by atoms with Gasteiger partial charge in [0.1, 0.15) is 11.9 Å². The Balaban J connectivity index is 1.85. The van der Waals surface area contributed by atoms with Crippen molar-refractivity contribution < 1.29 is 4.74 Å². The molecule has 2 aromatic rings. The molecule has 1 aliphatic carbocycles. The van der Waals surface area contributed by atoms with E-state index in [4.69, 9.17) is 16.3 Å². The molecule has 3 rings (SSSR count). The molecule has 1 aliphatic rings. The Morgan fingerprint density at radius 2 is 1.90 bits per heavy atom. The molecule has 0 bridgehead atoms. The maximum absolute atomic E-state index is 6.19. The molecule has 0 spiro atoms. The zero-order valence-electron chi connectivity index (χ0n) is 11.5. The lowest BCUT2D eigenvalue weighted by atomic mass is 10.1. The van der Waals surface area contributed by atoms with Gasteiger partial charge >= 0.3 is 0 Å². The van der Waals surface area contributed by atoms with Gasteiger partial charge < -0.3 is 10.1 Å². The third-order valence-electron chi connectivity index (χ3n) is 3.72. The van der Waals surface area contributed by atoms with Gasteiger partial charge in [0.05, 0.1) is 11.1 Å². The summed E-state index contributed by atoms with van der Waals surface area (Å²) in [5.41, 5.74) is 2.70. The molecule has 2 atom stereocenters. The van der Waals surface area contributed by atoms with Crippen LogP contribution in [-0.2, 0) is 6.42 Å². The molecule has 0 amide bonds. The zero-order valence-corrected chi connectivity index (χ0v) is 12.2. The quantitative estimate of drug-likeness (QED) is 0.918. The minimum Gasteiger partial charge on any atom is -0.487 e. The second-order valence-corrected chi connectivity index (χ2v) is 5.43. The van der Waals surface area contributed by atoms with E-state index in [0.717, 1.165) is 18.7 Å². The average molecular weight is 288 g/mol. The van der Waals surface area contributed by atoms with Crippen molar-refractivity contribution in [1.82, 2.24) is 5.32 Å². The zero-order chi connectivity index (χ0) is 13.9. The van der Waals surface area contributed by atoms with E-state index in [9.17, 15) is 0 Å². The lowest BCUT2D eigenvalue weighted by molar-refractivity contribution is 0.168. The predicted octanol–water partition coefficient (Wildman–Crippen LogP) is 3.99. The molecular formula is C17H18ClNO. The number of para-hydroxylation sites is 1. The molecule has 0 heterocycles. The van der Waals surface area contributed by atoms with Crippen LogP contribution in [0.1, 0.15) is 24.1 Å². The van der Waals surface area contributed by atoms with Crippen molar-refractivity contribution in [2.45, 2.75) is 25.5 Å². The third kappa shape index (κ3) is 2.54. The summed E-state index contributed by atoms with van der Waals surface area (Å²) in [6.07, 6.45) is 1.01. The van der Waals surface area contributed by atoms with Crippen LogP contribution in [0.25, 0.3) is 0 Å². The van der Waals surface area contributed by atoms with E-state index >= 15 is 0 Å². The molecule has 2 unspecified atom stereocenters. The van der Waals surface area contributed by atoms with E-state index < -0.39 is 0 Å². The van der Waals surface area contributed by atoms with Crippen molar-refractivity contribution in [1.29, 1.82) is 0 Å². The van der Waals surface area contributed by atoms with Crippen molar-refractivity contribution in [3.63, 3.8) is 0 Å². The number of fused-ring (bicyclic) bond motifs is 1. The summed E-state index contributed by atoms with van der Waals surface area (Å²) in [6.45, 7) is 3.04. The summed E-state index contributed by atoms with van der Waals surface area (Å²) in [7, 11) is 0. The Bertz CT molecular complexity index is 599. The van der Waals surface area contributed by atoms with Crippen LogP contribution in [0.15, 0.2) is 48.5 Å². The minimum absolute atomic E-state index is 0.0900. The maximum Gasteiger partial charge on any atom is 0.138 e. The van der Waals surface area contributed by atoms with Crippen molar-refractivity contribution in [2.24, 2.45) is 0 Å². The van der Waals surface area contributed by atoms with Gasteiger partial charge in [-0.05, 0) is 29.8 Å². The summed E-state index contributed by atoms with van der Waals surface area (Å²) < 4.78 is 6.16. The number of rotatable bonds is 4. The van der Waals surface area contributed by atoms with Crippen LogP contribution in [0.5, 0.6) is 5.75 Å². The van der Waals surface area contributed by atoms with Crippen LogP contribution in [0.2, 0.25) is 5.02 Å². The maximum atomic E-state index is 6.19. The minimum atomic E-state index is 0.0900. The van der Waals surface area contributed by atoms with E-state index in [1.807, 2.05) is 24.3 Å². The van der Waals surface area contributed by atoms with Gasteiger partial charge in [-0.3, -0.25) is 0 Å². The Labute approximate surface area is 124 Å². The normalized spacial score (nSPS) is 20.7. The Hall–Kier alpha value is -1.51. The molecule has 3 heteroatoms. The number of likely N-dealkylation sites (N-methyl/N-ethyl adjacent to an activating group) is 1. The average Bonchev–Trinajstić information content (AvgIpc) is 2.80. The fourth-order valence-electron chi connectivity index (χ4n) is 2.83. The van der Waals surface area contributed by atoms with Gasteiger partial charge in [0.25, 0.3) is 0 Å². The van der Waals surface area contributed by atoms with Gasteiger partial charge in [0.2, 0.25) is 0 Å². The highest BCUT2D eigenvalue weighted by molar-refractivity contribution is 6.32. The summed E-state index contributed by atoms with van der Waals surface area (Å²) >= 11 is 6.19. The largest absolute Gasteiger partial charge is 0.487 e. The second kappa shape index (κ2) is 5.86. The van der Waals surface area contributed by atoms with E-state index in [1.165, 1.54) is 11.1 Å². The summed E-state index contributed by atoms with van der Waals surface area (Å²) in [4.78, 5) is 0. The van der Waals surface area contributed by atoms with E-state index in [2.05, 4.69) is 36.5 Å². The first kappa shape index (κ1) is 13.5. The Morgan fingerprint density at radius 3 is 2.70 bits per heavy atom. The fraction of sp³-hybridized carbons (Fsp3) is 0.294. The second-order valence-electron chi connectivity index (χ2n) is 5.03. The first-order valence-electron chi connectivity index (χ1n) is 7.02. The Kier molecular flexibility index (Phi) is 3.95. The number of hydrogen-bond acceptors (Lipinski definition) is 2. The summed E-state index contributed by atoms with van der Waals surface area (Å²) in [5, 5.41) is 4.19. The number of nitrogens with one attached hydrogen (secondary N) is 1. The first-order valence-corrected chi connectivity index (χ1v) is 7.39. The predicted molar refractivity (Wildman–Crippen MR) is 82.4 cm³/mol. The first-order chi connectivity index (χ1) is 9.79. The van der Waals surface area contributed by atoms with Gasteiger partial charge in [0, 0.05) is 6.42 Å². The molecule has 0 fully saturated rings. The highest BCUT2D eigenvalue weighted by atomic mass is 35.5. The molecular weight excluding hydrogens is 270 g/mol. The van der Waals surface area contributed by atoms with E-state index in [0.29, 0.717) is 5.02 Å². The van der Waals surface area contributed by atoms with Crippen LogP contribution < -0.4 is 10.1 Å². The molecule has 0 aromatic heterocycles. The Morgan fingerprint density at radius 1 is 1.15 bits per heavy atom. The van der Waals surface area contributed by atoms with Crippen molar-refractivity contribution in [3.05, 3.63) is 64.7 Å². The van der Waals surface area contributed by atoms with Gasteiger partial charge in [-0.1, -0.05) is 54.9 Å². The highest BCUT2D eigenvalue weighted by Crippen LogP contribution is 2.35. The molecule has 0 radical (unpaired) electrons. The van der Waals surface area contributed by atoms with Gasteiger partial charge in [-0.15, -0.1) is 0 Å². The van der Waals surface area contributed by atoms with E-state index in [1.54, 1.807) is 0 Å². The smallest absolute Gasteiger partial charge is 0.138 e. The highest BCUT2D eigenvalue weighted by Gasteiger charge is 2.33. The molecule has 0 saturated carbocycles. The standard InChI is InChI=1S/C17H18ClNO/c1-2-19-17-13-8-4-3-7-12(13)11-16(17)20-15-10-6-5-9-14(15)18/h3-10,16-17,19H,2,11H2,1H3. The summed E-state index contributed by atoms with van der Waals surface area (Å²) in [6, 6.07) is 16.4. The number of hydrogen-bond donors (Lipinski definition) is 1. The fourth-order valence-corrected chi connectivity index (χ4v) is 3.01. The molecule has 104 valence electrons. The van der Waals surface area contributed by atoms with Crippen molar-refractivity contribution in [3.8, 4) is 5.75 Å². The van der Waals surface area contributed by atoms with Crippen molar-refractivity contribution >= 4 is 11.6 Å². The number of halogens is 1. The molecule has 2 aromatic carbocycles. The summed E-state index contributed by atoms with van der Waals surface area (Å²) in [5.74, 6) is 0.759. The van der Waals surface area contributed by atoms with Gasteiger partial charge in [-0.2, -0.15) is 0 Å². The van der Waals surface area contributed by atoms with Crippen LogP contribution in [-0.4, -0.2) is 12.6 Å². The molecule has 0 saturated heterocycles. The lowest BCUT2D eigenvalue weighted by Crippen LogP contribution is -2.32.